The van der Waals surface area contributed by atoms with Crippen LogP contribution in [0.4, 0.5) is 0 Å². The highest BCUT2D eigenvalue weighted by Gasteiger charge is 2.29. The fourth-order valence-electron chi connectivity index (χ4n) is 2.17. The number of hydrogen-bond donors (Lipinski definition) is 0. The van der Waals surface area contributed by atoms with Gasteiger partial charge in [0.15, 0.2) is 0 Å². The van der Waals surface area contributed by atoms with E-state index in [0.29, 0.717) is 17.8 Å². The van der Waals surface area contributed by atoms with Gasteiger partial charge in [-0.3, -0.25) is 4.98 Å². The molecule has 0 unspecified atom stereocenters. The molecule has 2 rings (SSSR count). The summed E-state index contributed by atoms with van der Waals surface area (Å²) >= 11 is 0. The van der Waals surface area contributed by atoms with Crippen LogP contribution in [0.2, 0.25) is 0 Å². The van der Waals surface area contributed by atoms with Crippen molar-refractivity contribution in [2.24, 2.45) is 0 Å². The molecule has 0 aromatic carbocycles. The molecule has 0 bridgehead atoms. The van der Waals surface area contributed by atoms with Crippen molar-refractivity contribution in [3.8, 4) is 12.3 Å². The van der Waals surface area contributed by atoms with Gasteiger partial charge in [0.2, 0.25) is 0 Å². The van der Waals surface area contributed by atoms with E-state index in [4.69, 9.17) is 11.4 Å². The number of terminal acetylenes is 1. The van der Waals surface area contributed by atoms with Crippen LogP contribution in [-0.2, 0) is 0 Å². The minimum Gasteiger partial charge on any atom is -0.256 e. The van der Waals surface area contributed by atoms with Gasteiger partial charge in [0, 0.05) is 17.2 Å². The van der Waals surface area contributed by atoms with Crippen LogP contribution in [0, 0.1) is 12.3 Å². The zero-order valence-corrected chi connectivity index (χ0v) is 11.2. The van der Waals surface area contributed by atoms with E-state index in [0.717, 1.165) is 5.56 Å². The Morgan fingerprint density at radius 2 is 1.88 bits per heavy atom. The molecule has 1 aliphatic rings. The predicted octanol–water partition coefficient (Wildman–Crippen LogP) is 4.19. The van der Waals surface area contributed by atoms with Crippen molar-refractivity contribution in [2.75, 3.05) is 0 Å². The summed E-state index contributed by atoms with van der Waals surface area (Å²) in [7, 11) is 0. The van der Waals surface area contributed by atoms with Gasteiger partial charge in [0.05, 0.1) is 5.69 Å². The van der Waals surface area contributed by atoms with E-state index in [1.54, 1.807) is 0 Å². The lowest BCUT2D eigenvalue weighted by Gasteiger charge is -2.16. The van der Waals surface area contributed by atoms with Crippen molar-refractivity contribution in [3.05, 3.63) is 28.6 Å². The Labute approximate surface area is 105 Å². The first kappa shape index (κ1) is 12.2. The summed E-state index contributed by atoms with van der Waals surface area (Å²) in [6.45, 7) is 8.80. The maximum absolute atomic E-state index is 5.69. The molecule has 0 amide bonds. The lowest BCUT2D eigenvalue weighted by atomic mass is 9.92. The summed E-state index contributed by atoms with van der Waals surface area (Å²) in [6, 6.07) is 2.20. The van der Waals surface area contributed by atoms with Crippen molar-refractivity contribution in [2.45, 2.75) is 58.3 Å². The van der Waals surface area contributed by atoms with Gasteiger partial charge >= 0.3 is 0 Å². The van der Waals surface area contributed by atoms with Crippen LogP contribution in [0.15, 0.2) is 6.07 Å². The number of aromatic nitrogens is 1. The Morgan fingerprint density at radius 3 is 2.29 bits per heavy atom. The fourth-order valence-corrected chi connectivity index (χ4v) is 2.17. The van der Waals surface area contributed by atoms with Crippen LogP contribution in [0.5, 0.6) is 0 Å². The lowest BCUT2D eigenvalue weighted by molar-refractivity contribution is 0.778. The molecular weight excluding hydrogens is 206 g/mol. The van der Waals surface area contributed by atoms with Crippen LogP contribution in [0.3, 0.4) is 0 Å². The Balaban J connectivity index is 2.60. The maximum atomic E-state index is 5.69. The zero-order valence-electron chi connectivity index (χ0n) is 11.2. The molecule has 1 heteroatoms. The highest BCUT2D eigenvalue weighted by Crippen LogP contribution is 2.42. The van der Waals surface area contributed by atoms with Crippen molar-refractivity contribution in [1.29, 1.82) is 0 Å². The second kappa shape index (κ2) is 4.53. The lowest BCUT2D eigenvalue weighted by Crippen LogP contribution is -2.05. The van der Waals surface area contributed by atoms with Gasteiger partial charge in [-0.25, -0.2) is 0 Å². The molecule has 1 aromatic rings. The third kappa shape index (κ3) is 2.36. The second-order valence-electron chi connectivity index (χ2n) is 5.62. The van der Waals surface area contributed by atoms with Gasteiger partial charge in [-0.05, 0) is 36.3 Å². The van der Waals surface area contributed by atoms with E-state index >= 15 is 0 Å². The number of pyridine rings is 1. The fraction of sp³-hybridized carbons (Fsp3) is 0.562. The highest BCUT2D eigenvalue weighted by molar-refractivity contribution is 5.48. The molecule has 0 radical (unpaired) electrons. The Kier molecular flexibility index (Phi) is 3.24. The number of rotatable bonds is 3. The van der Waals surface area contributed by atoms with Gasteiger partial charge in [-0.1, -0.05) is 33.6 Å². The molecule has 1 aliphatic carbocycles. The summed E-state index contributed by atoms with van der Waals surface area (Å²) in [5, 5.41) is 0. The smallest absolute Gasteiger partial charge is 0.0596 e. The van der Waals surface area contributed by atoms with E-state index in [1.165, 1.54) is 29.8 Å². The first-order valence-corrected chi connectivity index (χ1v) is 6.56. The molecule has 0 saturated heterocycles. The van der Waals surface area contributed by atoms with Crippen LogP contribution >= 0.6 is 0 Å². The second-order valence-corrected chi connectivity index (χ2v) is 5.62. The van der Waals surface area contributed by atoms with Gasteiger partial charge in [-0.15, -0.1) is 6.42 Å². The van der Waals surface area contributed by atoms with Gasteiger partial charge in [-0.2, -0.15) is 0 Å². The molecule has 1 fully saturated rings. The molecule has 0 aliphatic heterocycles. The highest BCUT2D eigenvalue weighted by atomic mass is 14.7. The monoisotopic (exact) mass is 227 g/mol. The number of nitrogens with zero attached hydrogens (tertiary/aromatic N) is 1. The van der Waals surface area contributed by atoms with Crippen LogP contribution in [-0.4, -0.2) is 4.98 Å². The molecule has 1 heterocycles. The molecule has 17 heavy (non-hydrogen) atoms. The van der Waals surface area contributed by atoms with Crippen molar-refractivity contribution in [1.82, 2.24) is 4.98 Å². The molecular formula is C16H21N. The first-order valence-electron chi connectivity index (χ1n) is 6.56. The third-order valence-corrected chi connectivity index (χ3v) is 3.42. The summed E-state index contributed by atoms with van der Waals surface area (Å²) in [5.41, 5.74) is 4.73. The first-order chi connectivity index (χ1) is 8.04. The normalized spacial score (nSPS) is 15.4. The number of hydrogen-bond acceptors (Lipinski definition) is 1. The van der Waals surface area contributed by atoms with Crippen LogP contribution in [0.1, 0.15) is 80.8 Å². The topological polar surface area (TPSA) is 12.9 Å². The molecule has 1 aromatic heterocycles. The third-order valence-electron chi connectivity index (χ3n) is 3.42. The van der Waals surface area contributed by atoms with Gasteiger partial charge in [0.25, 0.3) is 0 Å². The standard InChI is InChI=1S/C16H21N/c1-6-13-14(10(2)3)9-15(11(4)5)17-16(13)12-7-8-12/h1,9-12H,7-8H2,2-5H3. The van der Waals surface area contributed by atoms with Crippen LogP contribution in [0.25, 0.3) is 0 Å². The largest absolute Gasteiger partial charge is 0.256 e. The molecule has 0 spiro atoms. The Bertz CT molecular complexity index is 436. The van der Waals surface area contributed by atoms with E-state index in [9.17, 15) is 0 Å². The molecule has 1 nitrogen and oxygen atoms in total. The van der Waals surface area contributed by atoms with E-state index < -0.39 is 0 Å². The van der Waals surface area contributed by atoms with Crippen molar-refractivity contribution in [3.63, 3.8) is 0 Å². The summed E-state index contributed by atoms with van der Waals surface area (Å²) < 4.78 is 0. The Morgan fingerprint density at radius 1 is 1.24 bits per heavy atom. The average molecular weight is 227 g/mol. The van der Waals surface area contributed by atoms with Gasteiger partial charge < -0.3 is 0 Å². The van der Waals surface area contributed by atoms with Crippen molar-refractivity contribution >= 4 is 0 Å². The quantitative estimate of drug-likeness (QED) is 0.706. The maximum Gasteiger partial charge on any atom is 0.0596 e. The zero-order chi connectivity index (χ0) is 12.6. The van der Waals surface area contributed by atoms with E-state index in [1.807, 2.05) is 0 Å². The van der Waals surface area contributed by atoms with Crippen molar-refractivity contribution < 1.29 is 0 Å². The Hall–Kier alpha value is -1.29. The van der Waals surface area contributed by atoms with E-state index in [2.05, 4.69) is 39.7 Å². The van der Waals surface area contributed by atoms with Gasteiger partial charge in [0.1, 0.15) is 0 Å². The summed E-state index contributed by atoms with van der Waals surface area (Å²) in [5.74, 6) is 4.43. The molecule has 90 valence electrons. The SMILES string of the molecule is C#Cc1c(C(C)C)cc(C(C)C)nc1C1CC1. The minimum atomic E-state index is 0.469. The van der Waals surface area contributed by atoms with Crippen LogP contribution < -0.4 is 0 Å². The summed E-state index contributed by atoms with van der Waals surface area (Å²) in [4.78, 5) is 4.81. The molecule has 1 saturated carbocycles. The molecule has 0 atom stereocenters. The minimum absolute atomic E-state index is 0.469. The average Bonchev–Trinajstić information content (AvgIpc) is 3.10. The van der Waals surface area contributed by atoms with E-state index in [-0.39, 0.29) is 0 Å². The molecule has 0 N–H and O–H groups in total. The summed E-state index contributed by atoms with van der Waals surface area (Å²) in [6.07, 6.45) is 8.19. The predicted molar refractivity (Wildman–Crippen MR) is 72.3 cm³/mol.